The first-order valence-corrected chi connectivity index (χ1v) is 8.03. The van der Waals surface area contributed by atoms with Crippen LogP contribution in [0.2, 0.25) is 0 Å². The summed E-state index contributed by atoms with van der Waals surface area (Å²) in [7, 11) is 0. The molecule has 3 heteroatoms. The molecule has 1 aliphatic carbocycles. The third-order valence-corrected chi connectivity index (χ3v) is 5.20. The normalized spacial score (nSPS) is 23.1. The molecule has 0 heterocycles. The summed E-state index contributed by atoms with van der Waals surface area (Å²) in [6, 6.07) is 8.08. The highest BCUT2D eigenvalue weighted by atomic mass is 79.9. The van der Waals surface area contributed by atoms with Crippen molar-refractivity contribution in [3.63, 3.8) is 0 Å². The maximum Gasteiger partial charge on any atom is 0.224 e. The summed E-state index contributed by atoms with van der Waals surface area (Å²) in [5.41, 5.74) is 2.31. The molecule has 1 aromatic carbocycles. The number of benzene rings is 1. The molecule has 19 heavy (non-hydrogen) atoms. The predicted molar refractivity (Wildman–Crippen MR) is 82.6 cm³/mol. The Hall–Kier alpha value is -0.830. The third-order valence-electron chi connectivity index (χ3n) is 3.99. The van der Waals surface area contributed by atoms with Crippen LogP contribution in [0.15, 0.2) is 24.3 Å². The summed E-state index contributed by atoms with van der Waals surface area (Å²) in [5, 5.41) is 3.09. The van der Waals surface area contributed by atoms with E-state index in [1.807, 2.05) is 18.2 Å². The Morgan fingerprint density at radius 2 is 2.05 bits per heavy atom. The van der Waals surface area contributed by atoms with E-state index in [2.05, 4.69) is 34.2 Å². The molecule has 2 unspecified atom stereocenters. The van der Waals surface area contributed by atoms with E-state index in [4.69, 9.17) is 0 Å². The van der Waals surface area contributed by atoms with E-state index in [1.165, 1.54) is 31.2 Å². The summed E-state index contributed by atoms with van der Waals surface area (Å²) in [5.74, 6) is 0.731. The van der Waals surface area contributed by atoms with E-state index in [0.717, 1.165) is 12.1 Å². The number of rotatable bonds is 4. The fourth-order valence-corrected chi connectivity index (χ4v) is 3.46. The van der Waals surface area contributed by atoms with Gasteiger partial charge in [-0.15, -0.1) is 0 Å². The van der Waals surface area contributed by atoms with Crippen molar-refractivity contribution in [2.75, 3.05) is 6.54 Å². The Kier molecular flexibility index (Phi) is 5.44. The van der Waals surface area contributed by atoms with Gasteiger partial charge in [0.25, 0.3) is 0 Å². The van der Waals surface area contributed by atoms with E-state index in [9.17, 15) is 4.79 Å². The minimum absolute atomic E-state index is 0.138. The molecule has 2 rings (SSSR count). The largest absolute Gasteiger partial charge is 0.355 e. The molecule has 2 atom stereocenters. The average molecular weight is 324 g/mol. The number of amides is 1. The monoisotopic (exact) mass is 323 g/mol. The first kappa shape index (κ1) is 14.6. The second-order valence-electron chi connectivity index (χ2n) is 5.47. The molecule has 0 spiro atoms. The van der Waals surface area contributed by atoms with Crippen LogP contribution in [0.25, 0.3) is 0 Å². The van der Waals surface area contributed by atoms with Gasteiger partial charge >= 0.3 is 0 Å². The maximum atomic E-state index is 12.0. The molecule has 104 valence electrons. The minimum Gasteiger partial charge on any atom is -0.355 e. The van der Waals surface area contributed by atoms with Crippen molar-refractivity contribution < 1.29 is 4.79 Å². The fourth-order valence-electron chi connectivity index (χ4n) is 2.68. The number of aryl methyl sites for hydroxylation is 1. The van der Waals surface area contributed by atoms with Gasteiger partial charge < -0.3 is 5.32 Å². The molecule has 1 aromatic rings. The second-order valence-corrected chi connectivity index (χ2v) is 6.64. The van der Waals surface area contributed by atoms with Crippen LogP contribution in [0.4, 0.5) is 0 Å². The van der Waals surface area contributed by atoms with E-state index in [-0.39, 0.29) is 5.91 Å². The van der Waals surface area contributed by atoms with Gasteiger partial charge in [0.15, 0.2) is 0 Å². The molecule has 0 saturated heterocycles. The van der Waals surface area contributed by atoms with Crippen LogP contribution in [0.5, 0.6) is 0 Å². The number of nitrogens with one attached hydrogen (secondary N) is 1. The summed E-state index contributed by atoms with van der Waals surface area (Å²) in [4.78, 5) is 12.6. The van der Waals surface area contributed by atoms with Gasteiger partial charge in [-0.1, -0.05) is 53.0 Å². The zero-order chi connectivity index (χ0) is 13.7. The second kappa shape index (κ2) is 7.09. The van der Waals surface area contributed by atoms with Crippen LogP contribution in [-0.2, 0) is 11.2 Å². The highest BCUT2D eigenvalue weighted by Crippen LogP contribution is 2.29. The van der Waals surface area contributed by atoms with Gasteiger partial charge in [0, 0.05) is 11.4 Å². The molecular weight excluding hydrogens is 302 g/mol. The van der Waals surface area contributed by atoms with Crippen LogP contribution in [-0.4, -0.2) is 17.3 Å². The molecule has 0 aliphatic heterocycles. The maximum absolute atomic E-state index is 12.0. The molecule has 0 bridgehead atoms. The number of carbonyl (C=O) groups excluding carboxylic acids is 1. The van der Waals surface area contributed by atoms with Crippen molar-refractivity contribution in [3.05, 3.63) is 35.4 Å². The van der Waals surface area contributed by atoms with E-state index >= 15 is 0 Å². The quantitative estimate of drug-likeness (QED) is 0.842. The van der Waals surface area contributed by atoms with Crippen LogP contribution < -0.4 is 5.32 Å². The lowest BCUT2D eigenvalue weighted by atomic mass is 9.89. The molecule has 1 saturated carbocycles. The van der Waals surface area contributed by atoms with Crippen LogP contribution in [0, 0.1) is 12.8 Å². The van der Waals surface area contributed by atoms with Crippen LogP contribution in [0.3, 0.4) is 0 Å². The van der Waals surface area contributed by atoms with Gasteiger partial charge in [-0.25, -0.2) is 0 Å². The van der Waals surface area contributed by atoms with Crippen molar-refractivity contribution in [2.24, 2.45) is 5.92 Å². The van der Waals surface area contributed by atoms with E-state index in [1.54, 1.807) is 0 Å². The SMILES string of the molecule is Cc1ccccc1CC(=O)NCC1CCCCC1Br. The number of carbonyl (C=O) groups is 1. The Labute approximate surface area is 124 Å². The smallest absolute Gasteiger partial charge is 0.224 e. The Morgan fingerprint density at radius 3 is 2.79 bits per heavy atom. The summed E-state index contributed by atoms with van der Waals surface area (Å²) in [6.45, 7) is 2.86. The number of alkyl halides is 1. The number of halogens is 1. The topological polar surface area (TPSA) is 29.1 Å². The molecule has 1 N–H and O–H groups in total. The zero-order valence-electron chi connectivity index (χ0n) is 11.5. The molecule has 0 radical (unpaired) electrons. The first-order valence-electron chi connectivity index (χ1n) is 7.12. The Balaban J connectivity index is 1.80. The highest BCUT2D eigenvalue weighted by Gasteiger charge is 2.22. The van der Waals surface area contributed by atoms with Gasteiger partial charge in [-0.3, -0.25) is 4.79 Å². The van der Waals surface area contributed by atoms with Crippen molar-refractivity contribution in [1.29, 1.82) is 0 Å². The minimum atomic E-state index is 0.138. The number of hydrogen-bond donors (Lipinski definition) is 1. The van der Waals surface area contributed by atoms with Crippen molar-refractivity contribution in [2.45, 2.75) is 43.9 Å². The molecular formula is C16H22BrNO. The van der Waals surface area contributed by atoms with Crippen molar-refractivity contribution in [1.82, 2.24) is 5.32 Å². The molecule has 1 fully saturated rings. The lowest BCUT2D eigenvalue weighted by Crippen LogP contribution is -2.35. The summed E-state index contributed by atoms with van der Waals surface area (Å²) >= 11 is 3.73. The third kappa shape index (κ3) is 4.34. The van der Waals surface area contributed by atoms with Gasteiger partial charge in [0.05, 0.1) is 6.42 Å². The molecule has 0 aromatic heterocycles. The van der Waals surface area contributed by atoms with Gasteiger partial charge in [-0.05, 0) is 36.8 Å². The van der Waals surface area contributed by atoms with E-state index < -0.39 is 0 Å². The van der Waals surface area contributed by atoms with Crippen LogP contribution in [0.1, 0.15) is 36.8 Å². The highest BCUT2D eigenvalue weighted by molar-refractivity contribution is 9.09. The lowest BCUT2D eigenvalue weighted by Gasteiger charge is -2.27. The van der Waals surface area contributed by atoms with Crippen molar-refractivity contribution in [3.8, 4) is 0 Å². The lowest BCUT2D eigenvalue weighted by molar-refractivity contribution is -0.120. The summed E-state index contributed by atoms with van der Waals surface area (Å²) < 4.78 is 0. The fraction of sp³-hybridized carbons (Fsp3) is 0.562. The Bertz CT molecular complexity index is 433. The first-order chi connectivity index (χ1) is 9.16. The molecule has 2 nitrogen and oxygen atoms in total. The van der Waals surface area contributed by atoms with Gasteiger partial charge in [0.1, 0.15) is 0 Å². The van der Waals surface area contributed by atoms with E-state index in [0.29, 0.717) is 17.2 Å². The van der Waals surface area contributed by atoms with Crippen LogP contribution >= 0.6 is 15.9 Å². The Morgan fingerprint density at radius 1 is 1.32 bits per heavy atom. The molecule has 1 amide bonds. The summed E-state index contributed by atoms with van der Waals surface area (Å²) in [6.07, 6.45) is 5.55. The predicted octanol–water partition coefficient (Wildman–Crippen LogP) is 3.61. The van der Waals surface area contributed by atoms with Crippen molar-refractivity contribution >= 4 is 21.8 Å². The average Bonchev–Trinajstić information content (AvgIpc) is 2.40. The van der Waals surface area contributed by atoms with Gasteiger partial charge in [-0.2, -0.15) is 0 Å². The zero-order valence-corrected chi connectivity index (χ0v) is 13.1. The molecule has 1 aliphatic rings. The standard InChI is InChI=1S/C16H22BrNO/c1-12-6-2-3-7-13(12)10-16(19)18-11-14-8-4-5-9-15(14)17/h2-3,6-7,14-15H,4-5,8-11H2,1H3,(H,18,19). The number of hydrogen-bond acceptors (Lipinski definition) is 1. The van der Waals surface area contributed by atoms with Gasteiger partial charge in [0.2, 0.25) is 5.91 Å².